The van der Waals surface area contributed by atoms with Crippen LogP contribution in [0.2, 0.25) is 0 Å². The van der Waals surface area contributed by atoms with Crippen LogP contribution in [-0.2, 0) is 19.6 Å². The van der Waals surface area contributed by atoms with Crippen molar-refractivity contribution in [3.63, 3.8) is 0 Å². The molecule has 0 spiro atoms. The molecule has 2 aliphatic rings. The maximum atomic E-state index is 12.0. The summed E-state index contributed by atoms with van der Waals surface area (Å²) in [5.41, 5.74) is 0.0865. The average molecular weight is 222 g/mol. The molecule has 1 aromatic heterocycles. The molecule has 0 unspecified atom stereocenters. The first kappa shape index (κ1) is 10.1. The summed E-state index contributed by atoms with van der Waals surface area (Å²) in [7, 11) is 0. The second-order valence-electron chi connectivity index (χ2n) is 4.86. The molecule has 0 aromatic carbocycles. The average Bonchev–Trinajstić information content (AvgIpc) is 2.90. The van der Waals surface area contributed by atoms with Crippen molar-refractivity contribution < 1.29 is 0 Å². The monoisotopic (exact) mass is 222 g/mol. The van der Waals surface area contributed by atoms with Gasteiger partial charge in [-0.2, -0.15) is 5.10 Å². The molecular weight excluding hydrogens is 204 g/mol. The Kier molecular flexibility index (Phi) is 2.55. The Morgan fingerprint density at radius 1 is 1.38 bits per heavy atom. The molecular formula is C11H18N4O. The van der Waals surface area contributed by atoms with Gasteiger partial charge in [-0.25, -0.2) is 9.48 Å². The predicted octanol–water partition coefficient (Wildman–Crippen LogP) is 0.338. The van der Waals surface area contributed by atoms with Crippen molar-refractivity contribution in [2.75, 3.05) is 6.54 Å². The van der Waals surface area contributed by atoms with Gasteiger partial charge in [-0.15, -0.1) is 0 Å². The highest BCUT2D eigenvalue weighted by Crippen LogP contribution is 2.25. The lowest BCUT2D eigenvalue weighted by molar-refractivity contribution is 0.416. The van der Waals surface area contributed by atoms with Crippen molar-refractivity contribution >= 4 is 0 Å². The van der Waals surface area contributed by atoms with Crippen LogP contribution in [-0.4, -0.2) is 20.9 Å². The van der Waals surface area contributed by atoms with Crippen molar-refractivity contribution in [2.24, 2.45) is 5.92 Å². The number of nitrogens with zero attached hydrogens (tertiary/aromatic N) is 3. The maximum Gasteiger partial charge on any atom is 0.346 e. The van der Waals surface area contributed by atoms with Gasteiger partial charge in [0.15, 0.2) is 0 Å². The van der Waals surface area contributed by atoms with Gasteiger partial charge < -0.3 is 5.32 Å². The van der Waals surface area contributed by atoms with Gasteiger partial charge in [-0.3, -0.25) is 4.57 Å². The summed E-state index contributed by atoms with van der Waals surface area (Å²) in [6.07, 6.45) is 5.14. The molecule has 0 amide bonds. The molecule has 1 fully saturated rings. The van der Waals surface area contributed by atoms with E-state index in [2.05, 4.69) is 10.4 Å². The summed E-state index contributed by atoms with van der Waals surface area (Å²) in [4.78, 5) is 12.0. The number of hydrogen-bond donors (Lipinski definition) is 1. The summed E-state index contributed by atoms with van der Waals surface area (Å²) in [6.45, 7) is 3.19. The number of fused-ring (bicyclic) bond motifs is 1. The van der Waals surface area contributed by atoms with Crippen molar-refractivity contribution in [2.45, 2.75) is 45.3 Å². The van der Waals surface area contributed by atoms with E-state index in [1.807, 2.05) is 4.57 Å². The smallest absolute Gasteiger partial charge is 0.308 e. The van der Waals surface area contributed by atoms with Gasteiger partial charge in [0.05, 0.1) is 6.54 Å². The van der Waals surface area contributed by atoms with E-state index in [1.54, 1.807) is 4.68 Å². The zero-order chi connectivity index (χ0) is 11.0. The van der Waals surface area contributed by atoms with E-state index < -0.39 is 0 Å². The summed E-state index contributed by atoms with van der Waals surface area (Å²) in [6, 6.07) is 0. The van der Waals surface area contributed by atoms with E-state index in [-0.39, 0.29) is 5.69 Å². The Bertz CT molecular complexity index is 428. The van der Waals surface area contributed by atoms with Gasteiger partial charge in [0.1, 0.15) is 5.82 Å². The molecule has 88 valence electrons. The SMILES string of the molecule is O=c1n(CC2CCCC2)nc2n1CCNC2. The molecule has 3 rings (SSSR count). The van der Waals surface area contributed by atoms with Gasteiger partial charge in [0.2, 0.25) is 0 Å². The lowest BCUT2D eigenvalue weighted by Crippen LogP contribution is -2.34. The third-order valence-electron chi connectivity index (χ3n) is 3.70. The second kappa shape index (κ2) is 4.05. The molecule has 5 heteroatoms. The van der Waals surface area contributed by atoms with Gasteiger partial charge in [-0.1, -0.05) is 12.8 Å². The zero-order valence-corrected chi connectivity index (χ0v) is 9.48. The fourth-order valence-corrected chi connectivity index (χ4v) is 2.79. The molecule has 1 aliphatic carbocycles. The standard InChI is InChI=1S/C11H18N4O/c16-11-14-6-5-12-7-10(14)13-15(11)8-9-3-1-2-4-9/h9,12H,1-8H2. The Labute approximate surface area is 94.5 Å². The largest absolute Gasteiger partial charge is 0.346 e. The van der Waals surface area contributed by atoms with Gasteiger partial charge in [0.25, 0.3) is 0 Å². The van der Waals surface area contributed by atoms with Gasteiger partial charge >= 0.3 is 5.69 Å². The fourth-order valence-electron chi connectivity index (χ4n) is 2.79. The molecule has 1 saturated carbocycles. The summed E-state index contributed by atoms with van der Waals surface area (Å²) in [5, 5.41) is 7.66. The first-order chi connectivity index (χ1) is 7.84. The van der Waals surface area contributed by atoms with Crippen LogP contribution in [0, 0.1) is 5.92 Å². The minimum Gasteiger partial charge on any atom is -0.308 e. The van der Waals surface area contributed by atoms with Crippen molar-refractivity contribution in [1.29, 1.82) is 0 Å². The van der Waals surface area contributed by atoms with Crippen LogP contribution in [0.25, 0.3) is 0 Å². The minimum absolute atomic E-state index is 0.0865. The van der Waals surface area contributed by atoms with Crippen LogP contribution >= 0.6 is 0 Å². The molecule has 1 N–H and O–H groups in total. The van der Waals surface area contributed by atoms with E-state index in [1.165, 1.54) is 25.7 Å². The number of nitrogens with one attached hydrogen (secondary N) is 1. The Hall–Kier alpha value is -1.10. The Morgan fingerprint density at radius 3 is 2.94 bits per heavy atom. The van der Waals surface area contributed by atoms with Crippen molar-refractivity contribution in [3.05, 3.63) is 16.3 Å². The van der Waals surface area contributed by atoms with Crippen LogP contribution in [0.15, 0.2) is 4.79 Å². The van der Waals surface area contributed by atoms with E-state index in [9.17, 15) is 4.79 Å². The predicted molar refractivity (Wildman–Crippen MR) is 60.2 cm³/mol. The van der Waals surface area contributed by atoms with Crippen LogP contribution in [0.1, 0.15) is 31.5 Å². The quantitative estimate of drug-likeness (QED) is 0.785. The van der Waals surface area contributed by atoms with Crippen LogP contribution < -0.4 is 11.0 Å². The Morgan fingerprint density at radius 2 is 2.19 bits per heavy atom. The third-order valence-corrected chi connectivity index (χ3v) is 3.70. The molecule has 0 saturated heterocycles. The molecule has 5 nitrogen and oxygen atoms in total. The Balaban J connectivity index is 1.84. The highest BCUT2D eigenvalue weighted by Gasteiger charge is 2.20. The maximum absolute atomic E-state index is 12.0. The van der Waals surface area contributed by atoms with Crippen LogP contribution in [0.5, 0.6) is 0 Å². The van der Waals surface area contributed by atoms with E-state index >= 15 is 0 Å². The molecule has 16 heavy (non-hydrogen) atoms. The highest BCUT2D eigenvalue weighted by atomic mass is 16.2. The normalized spacial score (nSPS) is 21.2. The molecule has 0 radical (unpaired) electrons. The number of hydrogen-bond acceptors (Lipinski definition) is 3. The molecule has 0 bridgehead atoms. The molecule has 2 heterocycles. The van der Waals surface area contributed by atoms with Crippen molar-refractivity contribution in [1.82, 2.24) is 19.7 Å². The van der Waals surface area contributed by atoms with Crippen LogP contribution in [0.3, 0.4) is 0 Å². The minimum atomic E-state index is 0.0865. The lowest BCUT2D eigenvalue weighted by atomic mass is 10.1. The first-order valence-corrected chi connectivity index (χ1v) is 6.22. The summed E-state index contributed by atoms with van der Waals surface area (Å²) in [5.74, 6) is 1.57. The molecule has 1 aromatic rings. The topological polar surface area (TPSA) is 51.9 Å². The second-order valence-corrected chi connectivity index (χ2v) is 4.86. The van der Waals surface area contributed by atoms with Crippen molar-refractivity contribution in [3.8, 4) is 0 Å². The summed E-state index contributed by atoms with van der Waals surface area (Å²) < 4.78 is 3.49. The molecule has 0 atom stereocenters. The van der Waals surface area contributed by atoms with E-state index in [4.69, 9.17) is 0 Å². The highest BCUT2D eigenvalue weighted by molar-refractivity contribution is 4.91. The van der Waals surface area contributed by atoms with Gasteiger partial charge in [0, 0.05) is 19.6 Å². The summed E-state index contributed by atoms with van der Waals surface area (Å²) >= 11 is 0. The number of rotatable bonds is 2. The van der Waals surface area contributed by atoms with Gasteiger partial charge in [-0.05, 0) is 18.8 Å². The third kappa shape index (κ3) is 1.69. The van der Waals surface area contributed by atoms with E-state index in [0.717, 1.165) is 32.0 Å². The zero-order valence-electron chi connectivity index (χ0n) is 9.48. The van der Waals surface area contributed by atoms with Crippen LogP contribution in [0.4, 0.5) is 0 Å². The molecule has 1 aliphatic heterocycles. The fraction of sp³-hybridized carbons (Fsp3) is 0.818. The van der Waals surface area contributed by atoms with E-state index in [0.29, 0.717) is 5.92 Å². The number of aromatic nitrogens is 3. The lowest BCUT2D eigenvalue weighted by Gasteiger charge is -2.11. The first-order valence-electron chi connectivity index (χ1n) is 6.22.